The molecule has 1 fully saturated rings. The first-order chi connectivity index (χ1) is 6.58. The molecule has 0 spiro atoms. The van der Waals surface area contributed by atoms with Crippen LogP contribution in [-0.2, 0) is 0 Å². The lowest BCUT2D eigenvalue weighted by molar-refractivity contribution is 0.0438. The molecule has 1 heterocycles. The zero-order valence-corrected chi connectivity index (χ0v) is 10.0. The molecule has 1 aromatic heterocycles. The molecule has 1 aromatic rings. The Morgan fingerprint density at radius 2 is 2.00 bits per heavy atom. The van der Waals surface area contributed by atoms with Crippen LogP contribution in [0.25, 0.3) is 0 Å². The summed E-state index contributed by atoms with van der Waals surface area (Å²) in [7, 11) is 0. The molecule has 1 saturated carbocycles. The van der Waals surface area contributed by atoms with Gasteiger partial charge in [-0.15, -0.1) is 0 Å². The quantitative estimate of drug-likeness (QED) is 0.756. The fraction of sp³-hybridized carbons (Fsp3) is 0.667. The summed E-state index contributed by atoms with van der Waals surface area (Å²) in [5.41, 5.74) is 1.00. The number of hydrogen-bond acceptors (Lipinski definition) is 3. The lowest BCUT2D eigenvalue weighted by Gasteiger charge is -2.08. The van der Waals surface area contributed by atoms with Crippen LogP contribution in [0.5, 0.6) is 0 Å². The number of aryl methyl sites for hydroxylation is 1. The highest BCUT2D eigenvalue weighted by molar-refractivity contribution is 14.1. The van der Waals surface area contributed by atoms with Gasteiger partial charge in [0.15, 0.2) is 0 Å². The van der Waals surface area contributed by atoms with Gasteiger partial charge >= 0.3 is 0 Å². The van der Waals surface area contributed by atoms with Gasteiger partial charge in [-0.3, -0.25) is 4.68 Å². The average Bonchev–Trinajstić information content (AvgIpc) is 2.60. The second kappa shape index (κ2) is 3.79. The van der Waals surface area contributed by atoms with E-state index in [4.69, 9.17) is 0 Å². The van der Waals surface area contributed by atoms with Gasteiger partial charge in [0.1, 0.15) is 0 Å². The van der Waals surface area contributed by atoms with E-state index in [-0.39, 0.29) is 6.04 Å². The average molecular weight is 308 g/mol. The van der Waals surface area contributed by atoms with Gasteiger partial charge in [-0.05, 0) is 42.4 Å². The molecule has 2 N–H and O–H groups in total. The summed E-state index contributed by atoms with van der Waals surface area (Å²) in [6, 6.07) is 0.141. The Balaban J connectivity index is 2.17. The van der Waals surface area contributed by atoms with Crippen molar-refractivity contribution in [1.29, 1.82) is 0 Å². The molecule has 0 bridgehead atoms. The van der Waals surface area contributed by atoms with E-state index in [1.165, 1.54) is 0 Å². The van der Waals surface area contributed by atoms with E-state index >= 15 is 0 Å². The Morgan fingerprint density at radius 3 is 2.43 bits per heavy atom. The van der Waals surface area contributed by atoms with E-state index in [1.54, 1.807) is 0 Å². The van der Waals surface area contributed by atoms with Crippen LogP contribution in [0, 0.1) is 10.5 Å². The van der Waals surface area contributed by atoms with Crippen molar-refractivity contribution in [3.05, 3.63) is 15.5 Å². The molecular weight excluding hydrogens is 295 g/mol. The van der Waals surface area contributed by atoms with E-state index in [2.05, 4.69) is 27.7 Å². The van der Waals surface area contributed by atoms with E-state index < -0.39 is 12.2 Å². The molecule has 78 valence electrons. The normalized spacial score (nSPS) is 32.4. The highest BCUT2D eigenvalue weighted by atomic mass is 127. The first kappa shape index (κ1) is 10.4. The van der Waals surface area contributed by atoms with Gasteiger partial charge in [-0.1, -0.05) is 0 Å². The monoisotopic (exact) mass is 308 g/mol. The predicted octanol–water partition coefficient (Wildman–Crippen LogP) is 0.853. The standard InChI is InChI=1S/C9H13IN2O2/c1-5-7(10)4-12(11-5)6-2-8(13)9(14)3-6/h4,6,8-9,13-14H,2-3H2,1H3/t6?,8-,9+. The summed E-state index contributed by atoms with van der Waals surface area (Å²) in [4.78, 5) is 0. The van der Waals surface area contributed by atoms with Crippen molar-refractivity contribution in [2.24, 2.45) is 0 Å². The lowest BCUT2D eigenvalue weighted by Crippen LogP contribution is -2.17. The Hall–Kier alpha value is -0.140. The van der Waals surface area contributed by atoms with Gasteiger partial charge < -0.3 is 10.2 Å². The minimum absolute atomic E-state index is 0.141. The van der Waals surface area contributed by atoms with Crippen LogP contribution in [0.15, 0.2) is 6.20 Å². The first-order valence-corrected chi connectivity index (χ1v) is 5.73. The van der Waals surface area contributed by atoms with Crippen molar-refractivity contribution in [1.82, 2.24) is 9.78 Å². The van der Waals surface area contributed by atoms with Crippen molar-refractivity contribution in [3.8, 4) is 0 Å². The van der Waals surface area contributed by atoms with E-state index in [0.717, 1.165) is 9.26 Å². The number of hydrogen-bond donors (Lipinski definition) is 2. The second-order valence-electron chi connectivity index (χ2n) is 3.80. The third-order valence-corrected chi connectivity index (χ3v) is 3.76. The van der Waals surface area contributed by atoms with Crippen molar-refractivity contribution >= 4 is 22.6 Å². The highest BCUT2D eigenvalue weighted by Gasteiger charge is 2.33. The van der Waals surface area contributed by atoms with Crippen LogP contribution in [0.1, 0.15) is 24.6 Å². The summed E-state index contributed by atoms with van der Waals surface area (Å²) >= 11 is 2.23. The molecule has 3 atom stereocenters. The Bertz CT molecular complexity index is 310. The molecule has 4 nitrogen and oxygen atoms in total. The molecule has 0 aromatic carbocycles. The minimum atomic E-state index is -0.595. The fourth-order valence-corrected chi connectivity index (χ4v) is 2.22. The SMILES string of the molecule is Cc1nn(C2C[C@@H](O)[C@@H](O)C2)cc1I. The van der Waals surface area contributed by atoms with Crippen LogP contribution in [0.4, 0.5) is 0 Å². The molecule has 14 heavy (non-hydrogen) atoms. The number of aliphatic hydroxyl groups excluding tert-OH is 2. The van der Waals surface area contributed by atoms with Gasteiger partial charge in [-0.25, -0.2) is 0 Å². The van der Waals surface area contributed by atoms with Crippen LogP contribution in [0.2, 0.25) is 0 Å². The van der Waals surface area contributed by atoms with Crippen LogP contribution >= 0.6 is 22.6 Å². The maximum absolute atomic E-state index is 9.41. The number of nitrogens with zero attached hydrogens (tertiary/aromatic N) is 2. The predicted molar refractivity (Wildman–Crippen MR) is 60.0 cm³/mol. The summed E-state index contributed by atoms with van der Waals surface area (Å²) in [6.45, 7) is 1.96. The molecule has 0 radical (unpaired) electrons. The van der Waals surface area contributed by atoms with E-state index in [1.807, 2.05) is 17.8 Å². The van der Waals surface area contributed by atoms with Crippen molar-refractivity contribution in [2.75, 3.05) is 0 Å². The summed E-state index contributed by atoms with van der Waals surface area (Å²) < 4.78 is 2.98. The molecule has 1 unspecified atom stereocenters. The van der Waals surface area contributed by atoms with Gasteiger partial charge in [0.05, 0.1) is 27.5 Å². The fourth-order valence-electron chi connectivity index (χ4n) is 1.83. The number of halogens is 1. The molecule has 0 amide bonds. The third-order valence-electron chi connectivity index (χ3n) is 2.70. The topological polar surface area (TPSA) is 58.3 Å². The highest BCUT2D eigenvalue weighted by Crippen LogP contribution is 2.30. The minimum Gasteiger partial charge on any atom is -0.390 e. The van der Waals surface area contributed by atoms with Gasteiger partial charge in [0.25, 0.3) is 0 Å². The van der Waals surface area contributed by atoms with Gasteiger partial charge in [0.2, 0.25) is 0 Å². The Morgan fingerprint density at radius 1 is 1.43 bits per heavy atom. The Kier molecular flexibility index (Phi) is 2.81. The van der Waals surface area contributed by atoms with Crippen LogP contribution in [0.3, 0.4) is 0 Å². The molecule has 1 aliphatic rings. The molecule has 2 rings (SSSR count). The van der Waals surface area contributed by atoms with Crippen molar-refractivity contribution in [2.45, 2.75) is 38.0 Å². The van der Waals surface area contributed by atoms with E-state index in [0.29, 0.717) is 12.8 Å². The molecular formula is C9H13IN2O2. The number of aliphatic hydroxyl groups is 2. The zero-order chi connectivity index (χ0) is 10.3. The summed E-state index contributed by atoms with van der Waals surface area (Å²) in [5.74, 6) is 0. The number of rotatable bonds is 1. The maximum atomic E-state index is 9.41. The van der Waals surface area contributed by atoms with Crippen LogP contribution < -0.4 is 0 Å². The smallest absolute Gasteiger partial charge is 0.0820 e. The van der Waals surface area contributed by atoms with E-state index in [9.17, 15) is 10.2 Å². The zero-order valence-electron chi connectivity index (χ0n) is 7.89. The second-order valence-corrected chi connectivity index (χ2v) is 4.96. The third kappa shape index (κ3) is 1.80. The summed E-state index contributed by atoms with van der Waals surface area (Å²) in [6.07, 6.45) is 1.96. The van der Waals surface area contributed by atoms with Crippen molar-refractivity contribution < 1.29 is 10.2 Å². The maximum Gasteiger partial charge on any atom is 0.0820 e. The van der Waals surface area contributed by atoms with Gasteiger partial charge in [0, 0.05) is 6.20 Å². The number of aromatic nitrogens is 2. The molecule has 1 aliphatic carbocycles. The van der Waals surface area contributed by atoms with Crippen LogP contribution in [-0.4, -0.2) is 32.2 Å². The molecule has 0 saturated heterocycles. The molecule has 0 aliphatic heterocycles. The molecule has 5 heteroatoms. The first-order valence-electron chi connectivity index (χ1n) is 4.65. The lowest BCUT2D eigenvalue weighted by atomic mass is 10.2. The summed E-state index contributed by atoms with van der Waals surface area (Å²) in [5, 5.41) is 23.2. The Labute approximate surface area is 96.1 Å². The van der Waals surface area contributed by atoms with Gasteiger partial charge in [-0.2, -0.15) is 5.10 Å². The largest absolute Gasteiger partial charge is 0.390 e. The van der Waals surface area contributed by atoms with Crippen molar-refractivity contribution in [3.63, 3.8) is 0 Å².